The van der Waals surface area contributed by atoms with E-state index >= 15 is 0 Å². The standard InChI is InChI=1S/C23H38N4O2/c1-5-29-17-18-12-14-27(16-18)23(24-2)25-15-20-7-6-13-26(3)22(20)19-8-10-21(28-4)11-9-19/h8-11,18,20,22H,5-7,12-17H2,1-4H3,(H,24,25). The van der Waals surface area contributed by atoms with Crippen molar-refractivity contribution < 1.29 is 9.47 Å². The zero-order chi connectivity index (χ0) is 20.6. The number of methoxy groups -OCH3 is 1. The molecule has 0 saturated carbocycles. The van der Waals surface area contributed by atoms with Crippen LogP contribution in [0, 0.1) is 11.8 Å². The quantitative estimate of drug-likeness (QED) is 0.561. The Morgan fingerprint density at radius 3 is 2.69 bits per heavy atom. The number of hydrogen-bond acceptors (Lipinski definition) is 4. The Kier molecular flexibility index (Phi) is 8.19. The topological polar surface area (TPSA) is 49.3 Å². The molecule has 2 aliphatic rings. The molecule has 3 rings (SSSR count). The summed E-state index contributed by atoms with van der Waals surface area (Å²) in [4.78, 5) is 9.45. The summed E-state index contributed by atoms with van der Waals surface area (Å²) in [7, 11) is 5.86. The van der Waals surface area contributed by atoms with Crippen LogP contribution in [0.1, 0.15) is 37.8 Å². The van der Waals surface area contributed by atoms with Gasteiger partial charge in [0.25, 0.3) is 0 Å². The molecule has 2 aliphatic heterocycles. The first-order valence-electron chi connectivity index (χ1n) is 11.0. The summed E-state index contributed by atoms with van der Waals surface area (Å²) in [5.74, 6) is 3.12. The smallest absolute Gasteiger partial charge is 0.193 e. The van der Waals surface area contributed by atoms with E-state index in [-0.39, 0.29) is 0 Å². The number of nitrogens with one attached hydrogen (secondary N) is 1. The van der Waals surface area contributed by atoms with E-state index in [1.165, 1.54) is 24.8 Å². The molecule has 3 unspecified atom stereocenters. The molecule has 1 aromatic carbocycles. The van der Waals surface area contributed by atoms with Crippen LogP contribution in [-0.2, 0) is 4.74 Å². The van der Waals surface area contributed by atoms with Crippen molar-refractivity contribution in [2.24, 2.45) is 16.8 Å². The minimum Gasteiger partial charge on any atom is -0.497 e. The predicted octanol–water partition coefficient (Wildman–Crippen LogP) is 3.01. The molecule has 6 heteroatoms. The number of guanidine groups is 1. The predicted molar refractivity (Wildman–Crippen MR) is 119 cm³/mol. The van der Waals surface area contributed by atoms with E-state index in [1.807, 2.05) is 7.05 Å². The van der Waals surface area contributed by atoms with Crippen LogP contribution in [0.2, 0.25) is 0 Å². The van der Waals surface area contributed by atoms with Crippen molar-refractivity contribution in [3.8, 4) is 5.75 Å². The van der Waals surface area contributed by atoms with Gasteiger partial charge >= 0.3 is 0 Å². The first-order valence-corrected chi connectivity index (χ1v) is 11.0. The molecule has 0 aliphatic carbocycles. The maximum absolute atomic E-state index is 5.62. The summed E-state index contributed by atoms with van der Waals surface area (Å²) in [6, 6.07) is 9.00. The number of rotatable bonds is 7. The number of aliphatic imine (C=N–C) groups is 1. The van der Waals surface area contributed by atoms with Crippen LogP contribution in [0.25, 0.3) is 0 Å². The zero-order valence-electron chi connectivity index (χ0n) is 18.6. The Labute approximate surface area is 176 Å². The van der Waals surface area contributed by atoms with Gasteiger partial charge in [-0.3, -0.25) is 9.89 Å². The second-order valence-electron chi connectivity index (χ2n) is 8.29. The van der Waals surface area contributed by atoms with Crippen molar-refractivity contribution >= 4 is 5.96 Å². The van der Waals surface area contributed by atoms with Crippen LogP contribution in [0.3, 0.4) is 0 Å². The normalized spacial score (nSPS) is 26.0. The Balaban J connectivity index is 1.60. The molecular formula is C23H38N4O2. The van der Waals surface area contributed by atoms with Gasteiger partial charge < -0.3 is 19.7 Å². The summed E-state index contributed by atoms with van der Waals surface area (Å²) in [6.07, 6.45) is 3.66. The highest BCUT2D eigenvalue weighted by Crippen LogP contribution is 2.35. The van der Waals surface area contributed by atoms with Crippen molar-refractivity contribution in [2.45, 2.75) is 32.2 Å². The molecule has 1 N–H and O–H groups in total. The average molecular weight is 403 g/mol. The lowest BCUT2D eigenvalue weighted by Gasteiger charge is -2.40. The summed E-state index contributed by atoms with van der Waals surface area (Å²) < 4.78 is 11.0. The van der Waals surface area contributed by atoms with Gasteiger partial charge in [0.2, 0.25) is 0 Å². The molecule has 0 bridgehead atoms. The van der Waals surface area contributed by atoms with Gasteiger partial charge in [0.1, 0.15) is 5.75 Å². The van der Waals surface area contributed by atoms with E-state index in [1.54, 1.807) is 7.11 Å². The lowest BCUT2D eigenvalue weighted by molar-refractivity contribution is 0.114. The monoisotopic (exact) mass is 402 g/mol. The lowest BCUT2D eigenvalue weighted by atomic mass is 9.85. The Morgan fingerprint density at radius 2 is 2.00 bits per heavy atom. The highest BCUT2D eigenvalue weighted by molar-refractivity contribution is 5.80. The molecule has 29 heavy (non-hydrogen) atoms. The first kappa shape index (κ1) is 21.9. The minimum atomic E-state index is 0.421. The van der Waals surface area contributed by atoms with Gasteiger partial charge in [-0.15, -0.1) is 0 Å². The van der Waals surface area contributed by atoms with Crippen molar-refractivity contribution in [1.82, 2.24) is 15.1 Å². The highest BCUT2D eigenvalue weighted by atomic mass is 16.5. The largest absolute Gasteiger partial charge is 0.497 e. The maximum Gasteiger partial charge on any atom is 0.193 e. The van der Waals surface area contributed by atoms with Gasteiger partial charge in [0, 0.05) is 45.2 Å². The molecule has 1 aromatic rings. The van der Waals surface area contributed by atoms with Crippen LogP contribution in [0.5, 0.6) is 5.75 Å². The van der Waals surface area contributed by atoms with Gasteiger partial charge in [0.05, 0.1) is 13.7 Å². The van der Waals surface area contributed by atoms with Crippen LogP contribution >= 0.6 is 0 Å². The van der Waals surface area contributed by atoms with Crippen molar-refractivity contribution in [3.63, 3.8) is 0 Å². The first-order chi connectivity index (χ1) is 14.2. The van der Waals surface area contributed by atoms with Crippen LogP contribution in [0.15, 0.2) is 29.3 Å². The molecule has 6 nitrogen and oxygen atoms in total. The second-order valence-corrected chi connectivity index (χ2v) is 8.29. The Bertz CT molecular complexity index is 649. The molecule has 2 fully saturated rings. The molecule has 0 spiro atoms. The summed E-state index contributed by atoms with van der Waals surface area (Å²) in [5.41, 5.74) is 1.37. The number of benzene rings is 1. The second kappa shape index (κ2) is 10.8. The van der Waals surface area contributed by atoms with Crippen LogP contribution in [0.4, 0.5) is 0 Å². The fourth-order valence-corrected chi connectivity index (χ4v) is 4.80. The van der Waals surface area contributed by atoms with E-state index in [2.05, 4.69) is 58.3 Å². The fraction of sp³-hybridized carbons (Fsp3) is 0.696. The lowest BCUT2D eigenvalue weighted by Crippen LogP contribution is -2.46. The summed E-state index contributed by atoms with van der Waals surface area (Å²) in [5, 5.41) is 3.68. The number of nitrogens with zero attached hydrogens (tertiary/aromatic N) is 3. The average Bonchev–Trinajstić information content (AvgIpc) is 3.22. The SMILES string of the molecule is CCOCC1CCN(C(=NC)NCC2CCCN(C)C2c2ccc(OC)cc2)C1. The van der Waals surface area contributed by atoms with Gasteiger partial charge in [-0.05, 0) is 63.4 Å². The van der Waals surface area contributed by atoms with Crippen molar-refractivity contribution in [3.05, 3.63) is 29.8 Å². The molecular weight excluding hydrogens is 364 g/mol. The molecule has 2 heterocycles. The molecule has 0 aromatic heterocycles. The molecule has 0 radical (unpaired) electrons. The summed E-state index contributed by atoms with van der Waals surface area (Å²) in [6.45, 7) is 7.90. The third-order valence-corrected chi connectivity index (χ3v) is 6.34. The van der Waals surface area contributed by atoms with Crippen molar-refractivity contribution in [2.75, 3.05) is 60.6 Å². The third kappa shape index (κ3) is 5.64. The van der Waals surface area contributed by atoms with E-state index < -0.39 is 0 Å². The van der Waals surface area contributed by atoms with E-state index in [9.17, 15) is 0 Å². The van der Waals surface area contributed by atoms with Gasteiger partial charge in [-0.2, -0.15) is 0 Å². The van der Waals surface area contributed by atoms with Crippen LogP contribution in [-0.4, -0.2) is 76.4 Å². The molecule has 2 saturated heterocycles. The third-order valence-electron chi connectivity index (χ3n) is 6.34. The molecule has 3 atom stereocenters. The Hall–Kier alpha value is -1.79. The van der Waals surface area contributed by atoms with Gasteiger partial charge in [-0.1, -0.05) is 12.1 Å². The van der Waals surface area contributed by atoms with Gasteiger partial charge in [-0.25, -0.2) is 0 Å². The van der Waals surface area contributed by atoms with Gasteiger partial charge in [0.15, 0.2) is 5.96 Å². The molecule has 162 valence electrons. The van der Waals surface area contributed by atoms with Crippen molar-refractivity contribution in [1.29, 1.82) is 0 Å². The van der Waals surface area contributed by atoms with E-state index in [0.29, 0.717) is 17.9 Å². The number of piperidine rings is 1. The number of hydrogen-bond donors (Lipinski definition) is 1. The minimum absolute atomic E-state index is 0.421. The highest BCUT2D eigenvalue weighted by Gasteiger charge is 2.31. The zero-order valence-corrected chi connectivity index (χ0v) is 18.6. The number of likely N-dealkylation sites (tertiary alicyclic amines) is 2. The molecule has 0 amide bonds. The van der Waals surface area contributed by atoms with E-state index in [4.69, 9.17) is 9.47 Å². The van der Waals surface area contributed by atoms with E-state index in [0.717, 1.165) is 51.1 Å². The fourth-order valence-electron chi connectivity index (χ4n) is 4.80. The summed E-state index contributed by atoms with van der Waals surface area (Å²) >= 11 is 0. The maximum atomic E-state index is 5.62. The number of ether oxygens (including phenoxy) is 2. The van der Waals surface area contributed by atoms with Crippen LogP contribution < -0.4 is 10.1 Å². The Morgan fingerprint density at radius 1 is 1.21 bits per heavy atom.